The van der Waals surface area contributed by atoms with Crippen LogP contribution in [0.4, 0.5) is 18.4 Å². The predicted octanol–water partition coefficient (Wildman–Crippen LogP) is 6.82. The zero-order chi connectivity index (χ0) is 43.4. The number of carbonyl (C=O) groups excluding carboxylic acids is 4. The van der Waals surface area contributed by atoms with E-state index in [-0.39, 0.29) is 40.8 Å². The Balaban J connectivity index is 0.891. The number of hydrogen-bond donors (Lipinski definition) is 4. The number of H-pyrrole nitrogens is 2. The lowest BCUT2D eigenvalue weighted by atomic mass is 10.0. The topological polar surface area (TPSA) is 175 Å². The number of aromatic amines is 2. The number of rotatable bonds is 9. The third-order valence-corrected chi connectivity index (χ3v) is 12.7. The smallest absolute Gasteiger partial charge is 0.407 e. The van der Waals surface area contributed by atoms with Crippen molar-refractivity contribution in [3.05, 3.63) is 107 Å². The normalized spacial score (nSPS) is 21.5. The van der Waals surface area contributed by atoms with Gasteiger partial charge in [0.25, 0.3) is 5.91 Å². The first kappa shape index (κ1) is 40.6. The van der Waals surface area contributed by atoms with Crippen molar-refractivity contribution in [2.75, 3.05) is 20.8 Å². The van der Waals surface area contributed by atoms with Gasteiger partial charge < -0.3 is 39.9 Å². The van der Waals surface area contributed by atoms with Gasteiger partial charge in [-0.05, 0) is 103 Å². The van der Waals surface area contributed by atoms with Gasteiger partial charge in [0.1, 0.15) is 35.4 Å². The number of nitrogens with zero attached hydrogens (tertiary/aromatic N) is 4. The van der Waals surface area contributed by atoms with Gasteiger partial charge in [-0.2, -0.15) is 0 Å². The molecule has 4 fully saturated rings. The zero-order valence-corrected chi connectivity index (χ0v) is 34.6. The Kier molecular flexibility index (Phi) is 10.4. The SMILES string of the molecule is COC(=O)N[C@H](C(=O)N1CC2(CC2)C[C@H]1c1nc2ccc(C#Cc3ccc(-c4cnc([C@@H]5C[C@H]6C[C@H]6N5C(=O)[C@H](NC(=O)OC)c5cc(F)cc(F)c5)[nH]4)cc3)cc2[nH]1)C(C)C. The van der Waals surface area contributed by atoms with Crippen molar-refractivity contribution in [1.29, 1.82) is 0 Å². The quantitative estimate of drug-likeness (QED) is 0.117. The summed E-state index contributed by atoms with van der Waals surface area (Å²) in [6.45, 7) is 4.43. The fraction of sp³-hybridized carbons (Fsp3) is 0.391. The summed E-state index contributed by atoms with van der Waals surface area (Å²) < 4.78 is 38.0. The molecule has 3 aromatic carbocycles. The van der Waals surface area contributed by atoms with E-state index in [0.29, 0.717) is 30.7 Å². The monoisotopic (exact) mass is 844 g/mol. The molecule has 0 radical (unpaired) electrons. The lowest BCUT2D eigenvalue weighted by molar-refractivity contribution is -0.136. The maximum absolute atomic E-state index is 14.2. The molecule has 320 valence electrons. The van der Waals surface area contributed by atoms with Crippen LogP contribution in [0.25, 0.3) is 22.3 Å². The number of ether oxygens (including phenoxy) is 2. The molecule has 5 aromatic rings. The number of fused-ring (bicyclic) bond motifs is 2. The number of hydrogen-bond acceptors (Lipinski definition) is 8. The van der Waals surface area contributed by atoms with Gasteiger partial charge in [-0.25, -0.2) is 28.3 Å². The van der Waals surface area contributed by atoms with E-state index in [1.165, 1.54) is 7.11 Å². The molecule has 4 aliphatic rings. The Hall–Kier alpha value is -6.76. The molecule has 2 saturated heterocycles. The number of nitrogens with one attached hydrogen (secondary N) is 4. The first-order valence-corrected chi connectivity index (χ1v) is 20.8. The summed E-state index contributed by atoms with van der Waals surface area (Å²) in [7, 11) is 2.44. The van der Waals surface area contributed by atoms with Crippen LogP contribution in [0.5, 0.6) is 0 Å². The highest BCUT2D eigenvalue weighted by molar-refractivity contribution is 5.88. The molecule has 2 aliphatic carbocycles. The molecule has 4 amide bonds. The molecule has 1 spiro atoms. The van der Waals surface area contributed by atoms with Crippen LogP contribution < -0.4 is 10.6 Å². The van der Waals surface area contributed by atoms with Crippen LogP contribution in [-0.4, -0.2) is 86.6 Å². The van der Waals surface area contributed by atoms with E-state index in [1.807, 2.05) is 61.2 Å². The molecule has 2 aliphatic heterocycles. The molecule has 0 unspecified atom stereocenters. The third-order valence-electron chi connectivity index (χ3n) is 12.7. The van der Waals surface area contributed by atoms with Crippen molar-refractivity contribution in [1.82, 2.24) is 40.4 Å². The van der Waals surface area contributed by atoms with Gasteiger partial charge in [-0.1, -0.05) is 37.8 Å². The second-order valence-corrected chi connectivity index (χ2v) is 17.2. The molecule has 4 N–H and O–H groups in total. The first-order chi connectivity index (χ1) is 29.8. The summed E-state index contributed by atoms with van der Waals surface area (Å²) in [5, 5.41) is 5.19. The number of likely N-dealkylation sites (tertiary alicyclic amines) is 2. The van der Waals surface area contributed by atoms with Crippen LogP contribution in [0, 0.1) is 40.7 Å². The number of carbonyl (C=O) groups is 4. The number of piperidine rings is 1. The molecule has 0 bridgehead atoms. The summed E-state index contributed by atoms with van der Waals surface area (Å²) in [6.07, 6.45) is 4.53. The fourth-order valence-corrected chi connectivity index (χ4v) is 9.12. The Morgan fingerprint density at radius 3 is 2.23 bits per heavy atom. The van der Waals surface area contributed by atoms with Gasteiger partial charge in [0.05, 0.1) is 49.2 Å². The highest BCUT2D eigenvalue weighted by atomic mass is 19.1. The molecule has 4 heterocycles. The number of benzene rings is 3. The summed E-state index contributed by atoms with van der Waals surface area (Å²) >= 11 is 0. The number of alkyl carbamates (subject to hydrolysis) is 2. The fourth-order valence-electron chi connectivity index (χ4n) is 9.12. The minimum atomic E-state index is -1.37. The Bertz CT molecular complexity index is 2630. The van der Waals surface area contributed by atoms with Crippen LogP contribution in [-0.2, 0) is 19.1 Å². The molecule has 6 atom stereocenters. The summed E-state index contributed by atoms with van der Waals surface area (Å²) in [4.78, 5) is 72.3. The second-order valence-electron chi connectivity index (χ2n) is 17.2. The largest absolute Gasteiger partial charge is 0.453 e. The molecule has 2 saturated carbocycles. The number of imidazole rings is 2. The van der Waals surface area contributed by atoms with E-state index in [1.54, 1.807) is 11.1 Å². The number of halogens is 2. The average molecular weight is 845 g/mol. The molecule has 16 heteroatoms. The average Bonchev–Trinajstić information content (AvgIpc) is 3.88. The molecular formula is C46H46F2N8O6. The van der Waals surface area contributed by atoms with E-state index in [4.69, 9.17) is 14.5 Å². The van der Waals surface area contributed by atoms with Crippen molar-refractivity contribution < 1.29 is 37.4 Å². The van der Waals surface area contributed by atoms with Crippen molar-refractivity contribution in [2.45, 2.75) is 76.2 Å². The highest BCUT2D eigenvalue weighted by Crippen LogP contribution is 2.58. The molecular weight excluding hydrogens is 799 g/mol. The highest BCUT2D eigenvalue weighted by Gasteiger charge is 2.57. The van der Waals surface area contributed by atoms with E-state index < -0.39 is 47.9 Å². The number of aromatic nitrogens is 4. The predicted molar refractivity (Wildman–Crippen MR) is 222 cm³/mol. The van der Waals surface area contributed by atoms with E-state index in [2.05, 4.69) is 37.4 Å². The maximum Gasteiger partial charge on any atom is 0.407 e. The lowest BCUT2D eigenvalue weighted by Gasteiger charge is -2.30. The maximum atomic E-state index is 14.2. The van der Waals surface area contributed by atoms with E-state index in [0.717, 1.165) is 78.3 Å². The molecule has 9 rings (SSSR count). The van der Waals surface area contributed by atoms with Gasteiger partial charge in [0.2, 0.25) is 5.91 Å². The standard InChI is InChI=1S/C46H46F2N8O6/c1-24(2)38(53-44(59)61-3)42(57)55-23-46(13-14-46)21-37(55)41-50-32-12-9-26(15-33(32)51-41)6-5-25-7-10-27(11-8-25)34-22-49-40(52-34)36-19-28-18-35(28)56(36)43(58)39(54-45(60)62-4)29-16-30(47)20-31(48)17-29/h7-12,15-17,20,22,24,28,35-39H,13-14,18-19,21,23H2,1-4H3,(H,49,52)(H,50,51)(H,53,59)(H,54,60)/t28-,35-,36+,37+,38+,39-/m1/s1. The van der Waals surface area contributed by atoms with E-state index in [9.17, 15) is 28.0 Å². The van der Waals surface area contributed by atoms with Gasteiger partial charge in [0, 0.05) is 29.8 Å². The van der Waals surface area contributed by atoms with E-state index >= 15 is 0 Å². The van der Waals surface area contributed by atoms with Crippen LogP contribution in [0.15, 0.2) is 66.9 Å². The Morgan fingerprint density at radius 2 is 1.53 bits per heavy atom. The zero-order valence-electron chi connectivity index (χ0n) is 34.6. The lowest BCUT2D eigenvalue weighted by Crippen LogP contribution is -2.51. The summed E-state index contributed by atoms with van der Waals surface area (Å²) in [5.41, 5.74) is 4.81. The second kappa shape index (κ2) is 15.9. The van der Waals surface area contributed by atoms with Gasteiger partial charge in [0.15, 0.2) is 0 Å². The van der Waals surface area contributed by atoms with Crippen LogP contribution >= 0.6 is 0 Å². The number of methoxy groups -OCH3 is 2. The van der Waals surface area contributed by atoms with Crippen molar-refractivity contribution in [3.8, 4) is 23.1 Å². The van der Waals surface area contributed by atoms with Crippen LogP contribution in [0.3, 0.4) is 0 Å². The third kappa shape index (κ3) is 7.94. The molecule has 2 aromatic heterocycles. The van der Waals surface area contributed by atoms with Crippen LogP contribution in [0.2, 0.25) is 0 Å². The summed E-state index contributed by atoms with van der Waals surface area (Å²) in [6, 6.07) is 13.4. The van der Waals surface area contributed by atoms with Gasteiger partial charge >= 0.3 is 12.2 Å². The molecule has 14 nitrogen and oxygen atoms in total. The minimum Gasteiger partial charge on any atom is -0.453 e. The van der Waals surface area contributed by atoms with Gasteiger partial charge in [-0.15, -0.1) is 0 Å². The number of amides is 4. The minimum absolute atomic E-state index is 0.0276. The Morgan fingerprint density at radius 1 is 0.839 bits per heavy atom. The van der Waals surface area contributed by atoms with Gasteiger partial charge in [-0.3, -0.25) is 9.59 Å². The van der Waals surface area contributed by atoms with Crippen molar-refractivity contribution >= 4 is 35.0 Å². The summed E-state index contributed by atoms with van der Waals surface area (Å²) in [5.74, 6) is 5.50. The van der Waals surface area contributed by atoms with Crippen LogP contribution in [0.1, 0.15) is 92.4 Å². The first-order valence-electron chi connectivity index (χ1n) is 20.8. The Labute approximate surface area is 356 Å². The van der Waals surface area contributed by atoms with Crippen molar-refractivity contribution in [3.63, 3.8) is 0 Å². The molecule has 62 heavy (non-hydrogen) atoms. The van der Waals surface area contributed by atoms with Crippen molar-refractivity contribution in [2.24, 2.45) is 17.3 Å².